The van der Waals surface area contributed by atoms with Crippen molar-refractivity contribution in [3.8, 4) is 0 Å². The summed E-state index contributed by atoms with van der Waals surface area (Å²) in [4.78, 5) is 12.9. The van der Waals surface area contributed by atoms with Gasteiger partial charge in [0.2, 0.25) is 0 Å². The summed E-state index contributed by atoms with van der Waals surface area (Å²) in [5.41, 5.74) is 1.74. The van der Waals surface area contributed by atoms with E-state index in [-0.39, 0.29) is 11.9 Å². The molecule has 0 aromatic heterocycles. The number of rotatable bonds is 5. The predicted molar refractivity (Wildman–Crippen MR) is 90.4 cm³/mol. The Kier molecular flexibility index (Phi) is 5.71. The van der Waals surface area contributed by atoms with Gasteiger partial charge in [0.15, 0.2) is 0 Å². The lowest BCUT2D eigenvalue weighted by Gasteiger charge is -2.14. The Bertz CT molecular complexity index is 615. The number of hydrogen-bond donors (Lipinski definition) is 2. The zero-order valence-electron chi connectivity index (χ0n) is 11.8. The fraction of sp³-hybridized carbons (Fsp3) is 0.235. The molecule has 0 radical (unpaired) electrons. The highest BCUT2D eigenvalue weighted by Crippen LogP contribution is 2.19. The molecule has 0 aliphatic heterocycles. The minimum absolute atomic E-state index is 0.0809. The molecule has 2 nitrogen and oxygen atoms in total. The van der Waals surface area contributed by atoms with Gasteiger partial charge in [0.05, 0.1) is 10.6 Å². The average Bonchev–Trinajstić information content (AvgIpc) is 2.48. The Morgan fingerprint density at radius 3 is 2.67 bits per heavy atom. The highest BCUT2D eigenvalue weighted by molar-refractivity contribution is 7.80. The quantitative estimate of drug-likeness (QED) is 0.787. The van der Waals surface area contributed by atoms with Gasteiger partial charge < -0.3 is 5.32 Å². The van der Waals surface area contributed by atoms with Crippen molar-refractivity contribution < 1.29 is 4.79 Å². The van der Waals surface area contributed by atoms with Crippen molar-refractivity contribution in [2.75, 3.05) is 0 Å². The van der Waals surface area contributed by atoms with Crippen molar-refractivity contribution in [1.82, 2.24) is 5.32 Å². The molecule has 1 unspecified atom stereocenters. The van der Waals surface area contributed by atoms with Gasteiger partial charge in [0.1, 0.15) is 0 Å². The second kappa shape index (κ2) is 7.53. The van der Waals surface area contributed by atoms with Crippen LogP contribution in [0.3, 0.4) is 0 Å². The van der Waals surface area contributed by atoms with Crippen molar-refractivity contribution in [3.63, 3.8) is 0 Å². The maximum atomic E-state index is 12.2. The van der Waals surface area contributed by atoms with Crippen LogP contribution in [0.5, 0.6) is 0 Å². The van der Waals surface area contributed by atoms with Crippen LogP contribution >= 0.6 is 24.2 Å². The summed E-state index contributed by atoms with van der Waals surface area (Å²) in [5, 5.41) is 3.42. The van der Waals surface area contributed by atoms with Gasteiger partial charge >= 0.3 is 0 Å². The number of halogens is 1. The van der Waals surface area contributed by atoms with Crippen LogP contribution in [-0.2, 0) is 6.42 Å². The fourth-order valence-corrected chi connectivity index (χ4v) is 2.50. The topological polar surface area (TPSA) is 29.1 Å². The highest BCUT2D eigenvalue weighted by atomic mass is 35.5. The van der Waals surface area contributed by atoms with Gasteiger partial charge in [-0.2, -0.15) is 0 Å². The van der Waals surface area contributed by atoms with E-state index in [9.17, 15) is 4.79 Å². The molecule has 21 heavy (non-hydrogen) atoms. The van der Waals surface area contributed by atoms with Crippen molar-refractivity contribution in [3.05, 3.63) is 64.7 Å². The van der Waals surface area contributed by atoms with E-state index >= 15 is 0 Å². The van der Waals surface area contributed by atoms with E-state index in [2.05, 4.69) is 30.1 Å². The fourth-order valence-electron chi connectivity index (χ4n) is 2.09. The number of hydrogen-bond acceptors (Lipinski definition) is 2. The van der Waals surface area contributed by atoms with E-state index in [4.69, 9.17) is 11.6 Å². The monoisotopic (exact) mass is 319 g/mol. The molecule has 2 aromatic carbocycles. The smallest absolute Gasteiger partial charge is 0.253 e. The third kappa shape index (κ3) is 4.80. The van der Waals surface area contributed by atoms with Gasteiger partial charge in [0.25, 0.3) is 5.91 Å². The second-order valence-electron chi connectivity index (χ2n) is 5.06. The molecule has 110 valence electrons. The summed E-state index contributed by atoms with van der Waals surface area (Å²) >= 11 is 10.3. The van der Waals surface area contributed by atoms with Crippen molar-refractivity contribution in [2.45, 2.75) is 30.7 Å². The number of thiol groups is 1. The lowest BCUT2D eigenvalue weighted by atomic mass is 10.1. The van der Waals surface area contributed by atoms with Crippen LogP contribution in [0.4, 0.5) is 0 Å². The molecule has 0 aliphatic carbocycles. The summed E-state index contributed by atoms with van der Waals surface area (Å²) in [6, 6.07) is 15.5. The van der Waals surface area contributed by atoms with E-state index in [0.717, 1.165) is 17.7 Å². The Labute approximate surface area is 135 Å². The Morgan fingerprint density at radius 2 is 1.95 bits per heavy atom. The van der Waals surface area contributed by atoms with Crippen LogP contribution in [-0.4, -0.2) is 11.9 Å². The van der Waals surface area contributed by atoms with Gasteiger partial charge in [-0.05, 0) is 43.5 Å². The molecule has 4 heteroatoms. The number of carbonyl (C=O) groups excluding carboxylic acids is 1. The molecule has 0 saturated carbocycles. The van der Waals surface area contributed by atoms with Crippen LogP contribution < -0.4 is 5.32 Å². The summed E-state index contributed by atoms with van der Waals surface area (Å²) in [5.74, 6) is -0.156. The zero-order chi connectivity index (χ0) is 15.2. The first kappa shape index (κ1) is 15.9. The molecule has 1 amide bonds. The van der Waals surface area contributed by atoms with Crippen LogP contribution in [0, 0.1) is 0 Å². The normalized spacial score (nSPS) is 12.0. The Balaban J connectivity index is 1.91. The molecule has 2 rings (SSSR count). The lowest BCUT2D eigenvalue weighted by Crippen LogP contribution is -2.33. The van der Waals surface area contributed by atoms with Crippen molar-refractivity contribution in [2.24, 2.45) is 0 Å². The van der Waals surface area contributed by atoms with Gasteiger partial charge in [-0.3, -0.25) is 4.79 Å². The molecular formula is C17H18ClNOS. The highest BCUT2D eigenvalue weighted by Gasteiger charge is 2.13. The summed E-state index contributed by atoms with van der Waals surface area (Å²) < 4.78 is 0. The molecule has 0 saturated heterocycles. The molecule has 2 aromatic rings. The molecule has 0 aliphatic rings. The number of aryl methyl sites for hydroxylation is 1. The van der Waals surface area contributed by atoms with E-state index in [1.165, 1.54) is 5.56 Å². The Hall–Kier alpha value is -1.45. The molecule has 0 bridgehead atoms. The average molecular weight is 320 g/mol. The first-order chi connectivity index (χ1) is 10.1. The molecule has 1 N–H and O–H groups in total. The molecular weight excluding hydrogens is 302 g/mol. The van der Waals surface area contributed by atoms with Crippen LogP contribution in [0.2, 0.25) is 5.02 Å². The number of amides is 1. The molecule has 1 atom stereocenters. The van der Waals surface area contributed by atoms with Crippen molar-refractivity contribution in [1.29, 1.82) is 0 Å². The minimum atomic E-state index is -0.156. The van der Waals surface area contributed by atoms with Gasteiger partial charge in [-0.1, -0.05) is 41.9 Å². The van der Waals surface area contributed by atoms with Crippen molar-refractivity contribution >= 4 is 30.1 Å². The first-order valence-corrected chi connectivity index (χ1v) is 7.72. The third-order valence-electron chi connectivity index (χ3n) is 3.28. The largest absolute Gasteiger partial charge is 0.350 e. The van der Waals surface area contributed by atoms with E-state index in [1.54, 1.807) is 18.2 Å². The maximum Gasteiger partial charge on any atom is 0.253 e. The van der Waals surface area contributed by atoms with E-state index < -0.39 is 0 Å². The predicted octanol–water partition coefficient (Wildman–Crippen LogP) is 4.38. The van der Waals surface area contributed by atoms with E-state index in [1.807, 2.05) is 25.1 Å². The SMILES string of the molecule is CC(CCc1ccccc1)NC(=O)c1cc(S)ccc1Cl. The molecule has 0 fully saturated rings. The summed E-state index contributed by atoms with van der Waals surface area (Å²) in [6.07, 6.45) is 1.82. The minimum Gasteiger partial charge on any atom is -0.350 e. The third-order valence-corrected chi connectivity index (χ3v) is 3.89. The Morgan fingerprint density at radius 1 is 1.24 bits per heavy atom. The number of carbonyl (C=O) groups is 1. The first-order valence-electron chi connectivity index (χ1n) is 6.89. The number of benzene rings is 2. The van der Waals surface area contributed by atoms with Gasteiger partial charge in [-0.25, -0.2) is 0 Å². The van der Waals surface area contributed by atoms with Gasteiger partial charge in [0, 0.05) is 10.9 Å². The zero-order valence-corrected chi connectivity index (χ0v) is 13.5. The second-order valence-corrected chi connectivity index (χ2v) is 5.99. The standard InChI is InChI=1S/C17H18ClNOS/c1-12(7-8-13-5-3-2-4-6-13)19-17(20)15-11-14(21)9-10-16(15)18/h2-6,9-12,21H,7-8H2,1H3,(H,19,20). The molecule has 0 heterocycles. The summed E-state index contributed by atoms with van der Waals surface area (Å²) in [7, 11) is 0. The maximum absolute atomic E-state index is 12.2. The van der Waals surface area contributed by atoms with Crippen LogP contribution in [0.1, 0.15) is 29.3 Å². The lowest BCUT2D eigenvalue weighted by molar-refractivity contribution is 0.0938. The van der Waals surface area contributed by atoms with Crippen LogP contribution in [0.25, 0.3) is 0 Å². The molecule has 0 spiro atoms. The van der Waals surface area contributed by atoms with Crippen LogP contribution in [0.15, 0.2) is 53.4 Å². The summed E-state index contributed by atoms with van der Waals surface area (Å²) in [6.45, 7) is 2.00. The number of nitrogens with one attached hydrogen (secondary N) is 1. The van der Waals surface area contributed by atoms with Gasteiger partial charge in [-0.15, -0.1) is 12.6 Å². The van der Waals surface area contributed by atoms with E-state index in [0.29, 0.717) is 10.6 Å².